The van der Waals surface area contributed by atoms with Crippen LogP contribution in [0.5, 0.6) is 0 Å². The number of carbonyl (C=O) groups is 1. The number of hydrogen-bond donors (Lipinski definition) is 1. The molecule has 7 nitrogen and oxygen atoms in total. The highest BCUT2D eigenvalue weighted by molar-refractivity contribution is 5.99. The zero-order valence-electron chi connectivity index (χ0n) is 17.1. The number of pyridine rings is 2. The lowest BCUT2D eigenvalue weighted by atomic mass is 10.0. The molecule has 1 saturated carbocycles. The van der Waals surface area contributed by atoms with E-state index in [-0.39, 0.29) is 23.7 Å². The van der Waals surface area contributed by atoms with Gasteiger partial charge in [0.1, 0.15) is 17.8 Å². The Morgan fingerprint density at radius 2 is 2.00 bits per heavy atom. The molecule has 0 spiro atoms. The topological polar surface area (TPSA) is 84.2 Å². The van der Waals surface area contributed by atoms with Crippen LogP contribution in [0.3, 0.4) is 0 Å². The van der Waals surface area contributed by atoms with Gasteiger partial charge in [-0.3, -0.25) is 9.78 Å². The van der Waals surface area contributed by atoms with Crippen molar-refractivity contribution in [1.82, 2.24) is 19.9 Å². The molecule has 0 radical (unpaired) electrons. The van der Waals surface area contributed by atoms with E-state index < -0.39 is 11.7 Å². The molecule has 1 aliphatic heterocycles. The number of nitrogens with zero attached hydrogens (tertiary/aromatic N) is 4. The Balaban J connectivity index is 1.37. The molecule has 2 aliphatic rings. The summed E-state index contributed by atoms with van der Waals surface area (Å²) >= 11 is 0. The van der Waals surface area contributed by atoms with Crippen molar-refractivity contribution < 1.29 is 22.4 Å². The van der Waals surface area contributed by atoms with Crippen molar-refractivity contribution in [2.75, 3.05) is 11.9 Å². The molecule has 166 valence electrons. The molecule has 1 saturated heterocycles. The molecule has 0 unspecified atom stereocenters. The van der Waals surface area contributed by atoms with E-state index in [1.165, 1.54) is 18.5 Å². The van der Waals surface area contributed by atoms with Gasteiger partial charge in [-0.2, -0.15) is 13.2 Å². The Kier molecular flexibility index (Phi) is 4.87. The molecule has 1 N–H and O–H groups in total. The van der Waals surface area contributed by atoms with Gasteiger partial charge in [-0.1, -0.05) is 0 Å². The van der Waals surface area contributed by atoms with E-state index in [4.69, 9.17) is 4.42 Å². The Hall–Kier alpha value is -3.43. The number of halogens is 3. The van der Waals surface area contributed by atoms with Crippen molar-refractivity contribution in [2.24, 2.45) is 5.92 Å². The minimum atomic E-state index is -4.43. The molecule has 10 heteroatoms. The normalized spacial score (nSPS) is 22.4. The predicted molar refractivity (Wildman–Crippen MR) is 109 cm³/mol. The van der Waals surface area contributed by atoms with E-state index in [0.717, 1.165) is 30.7 Å². The number of nitrogens with one attached hydrogen (secondary N) is 1. The number of piperidine rings is 1. The minimum absolute atomic E-state index is 0.100. The first-order chi connectivity index (χ1) is 15.3. The number of hydrogen-bond acceptors (Lipinski definition) is 6. The van der Waals surface area contributed by atoms with Crippen molar-refractivity contribution in [3.8, 4) is 11.5 Å². The number of alkyl halides is 3. The van der Waals surface area contributed by atoms with Gasteiger partial charge in [-0.15, -0.1) is 0 Å². The summed E-state index contributed by atoms with van der Waals surface area (Å²) in [6.45, 7) is 2.48. The van der Waals surface area contributed by atoms with Gasteiger partial charge >= 0.3 is 6.18 Å². The number of aromatic nitrogens is 3. The molecule has 32 heavy (non-hydrogen) atoms. The number of carbonyl (C=O) groups excluding carboxylic acids is 1. The molecule has 5 rings (SSSR count). The van der Waals surface area contributed by atoms with Gasteiger partial charge in [0, 0.05) is 25.0 Å². The van der Waals surface area contributed by atoms with Crippen molar-refractivity contribution >= 4 is 11.7 Å². The zero-order chi connectivity index (χ0) is 22.5. The maximum atomic E-state index is 13.5. The lowest BCUT2D eigenvalue weighted by Gasteiger charge is -2.34. The standard InChI is InChI=1S/C22H20F3N5O2/c1-12-4-5-26-19(18(12)20-27-6-7-32-20)21(31)30-11-13-8-15(16(30)9-13)29-17-3-2-14(10-28-17)22(23,24)25/h2-7,10,13,15-16H,8-9,11H2,1H3,(H,28,29)/t13-,15+,16-/m0/s1. The summed E-state index contributed by atoms with van der Waals surface area (Å²) in [5, 5.41) is 3.22. The lowest BCUT2D eigenvalue weighted by Crippen LogP contribution is -2.48. The van der Waals surface area contributed by atoms with Gasteiger partial charge in [0.2, 0.25) is 5.89 Å². The predicted octanol–water partition coefficient (Wildman–Crippen LogP) is 4.17. The first-order valence-electron chi connectivity index (χ1n) is 10.3. The highest BCUT2D eigenvalue weighted by atomic mass is 19.4. The maximum Gasteiger partial charge on any atom is 0.417 e. The molecule has 3 aromatic rings. The molecular formula is C22H20F3N5O2. The average molecular weight is 443 g/mol. The Labute approximate surface area is 181 Å². The van der Waals surface area contributed by atoms with Crippen molar-refractivity contribution in [3.63, 3.8) is 0 Å². The Morgan fingerprint density at radius 1 is 1.16 bits per heavy atom. The maximum absolute atomic E-state index is 13.5. The fraction of sp³-hybridized carbons (Fsp3) is 0.364. The van der Waals surface area contributed by atoms with Crippen molar-refractivity contribution in [3.05, 3.63) is 59.9 Å². The van der Waals surface area contributed by atoms with Gasteiger partial charge in [0.25, 0.3) is 5.91 Å². The molecule has 0 aromatic carbocycles. The molecule has 3 atom stereocenters. The third-order valence-corrected chi connectivity index (χ3v) is 6.17. The average Bonchev–Trinajstić information content (AvgIpc) is 3.50. The second-order valence-corrected chi connectivity index (χ2v) is 8.23. The van der Waals surface area contributed by atoms with Crippen LogP contribution in [0.2, 0.25) is 0 Å². The van der Waals surface area contributed by atoms with Crippen LogP contribution in [0, 0.1) is 12.8 Å². The van der Waals surface area contributed by atoms with E-state index in [0.29, 0.717) is 29.7 Å². The highest BCUT2D eigenvalue weighted by Crippen LogP contribution is 2.40. The van der Waals surface area contributed by atoms with Gasteiger partial charge in [0.15, 0.2) is 0 Å². The van der Waals surface area contributed by atoms with Crippen molar-refractivity contribution in [2.45, 2.75) is 38.0 Å². The van der Waals surface area contributed by atoms with E-state index >= 15 is 0 Å². The van der Waals surface area contributed by atoms with Gasteiger partial charge in [-0.05, 0) is 49.4 Å². The van der Waals surface area contributed by atoms with E-state index in [1.807, 2.05) is 6.92 Å². The molecular weight excluding hydrogens is 423 g/mol. The molecule has 1 aliphatic carbocycles. The fourth-order valence-electron chi connectivity index (χ4n) is 4.72. The van der Waals surface area contributed by atoms with Crippen LogP contribution in [0.4, 0.5) is 19.0 Å². The summed E-state index contributed by atoms with van der Waals surface area (Å²) in [6, 6.07) is 3.93. The monoisotopic (exact) mass is 443 g/mol. The van der Waals surface area contributed by atoms with E-state index in [2.05, 4.69) is 20.3 Å². The summed E-state index contributed by atoms with van der Waals surface area (Å²) in [5.41, 5.74) is 0.891. The van der Waals surface area contributed by atoms with Crippen LogP contribution in [-0.2, 0) is 6.18 Å². The van der Waals surface area contributed by atoms with Crippen LogP contribution < -0.4 is 5.32 Å². The lowest BCUT2D eigenvalue weighted by molar-refractivity contribution is -0.137. The van der Waals surface area contributed by atoms with Crippen LogP contribution in [0.1, 0.15) is 34.5 Å². The molecule has 2 bridgehead atoms. The first-order valence-corrected chi connectivity index (χ1v) is 10.3. The Morgan fingerprint density at radius 3 is 2.66 bits per heavy atom. The number of likely N-dealkylation sites (tertiary alicyclic amines) is 1. The molecule has 3 aromatic heterocycles. The largest absolute Gasteiger partial charge is 0.444 e. The second kappa shape index (κ2) is 7.61. The summed E-state index contributed by atoms with van der Waals surface area (Å²) < 4.78 is 43.8. The minimum Gasteiger partial charge on any atom is -0.444 e. The van der Waals surface area contributed by atoms with Crippen molar-refractivity contribution in [1.29, 1.82) is 0 Å². The number of rotatable bonds is 4. The highest BCUT2D eigenvalue weighted by Gasteiger charge is 2.48. The van der Waals surface area contributed by atoms with Gasteiger partial charge in [0.05, 0.1) is 23.4 Å². The number of oxazole rings is 1. The molecule has 2 fully saturated rings. The van der Waals surface area contributed by atoms with Crippen LogP contribution in [0.15, 0.2) is 47.5 Å². The number of anilines is 1. The number of aryl methyl sites for hydroxylation is 1. The summed E-state index contributed by atoms with van der Waals surface area (Å²) in [7, 11) is 0. The molecule has 1 amide bonds. The molecule has 4 heterocycles. The smallest absolute Gasteiger partial charge is 0.417 e. The SMILES string of the molecule is Cc1ccnc(C(=O)N2C[C@H]3C[C@@H](Nc4ccc(C(F)(F)F)cn4)[C@@H]2C3)c1-c1ncco1. The second-order valence-electron chi connectivity index (χ2n) is 8.23. The summed E-state index contributed by atoms with van der Waals surface area (Å²) in [6.07, 6.45) is 2.59. The summed E-state index contributed by atoms with van der Waals surface area (Å²) in [4.78, 5) is 27.7. The van der Waals surface area contributed by atoms with Gasteiger partial charge in [-0.25, -0.2) is 9.97 Å². The van der Waals surface area contributed by atoms with Crippen LogP contribution >= 0.6 is 0 Å². The van der Waals surface area contributed by atoms with Crippen LogP contribution in [0.25, 0.3) is 11.5 Å². The quantitative estimate of drug-likeness (QED) is 0.652. The fourth-order valence-corrected chi connectivity index (χ4v) is 4.72. The third kappa shape index (κ3) is 3.59. The van der Waals surface area contributed by atoms with Gasteiger partial charge < -0.3 is 14.6 Å². The van der Waals surface area contributed by atoms with Crippen LogP contribution in [-0.4, -0.2) is 44.4 Å². The van der Waals surface area contributed by atoms with E-state index in [1.54, 1.807) is 17.2 Å². The first kappa shape index (κ1) is 20.5. The number of fused-ring (bicyclic) bond motifs is 2. The number of amides is 1. The summed E-state index contributed by atoms with van der Waals surface area (Å²) in [5.74, 6) is 0.802. The van der Waals surface area contributed by atoms with E-state index in [9.17, 15) is 18.0 Å². The Bertz CT molecular complexity index is 1130. The third-order valence-electron chi connectivity index (χ3n) is 6.17. The zero-order valence-corrected chi connectivity index (χ0v) is 17.1.